The number of nitrogens with one attached hydrogen (secondary N) is 1. The Labute approximate surface area is 295 Å². The van der Waals surface area contributed by atoms with Crippen molar-refractivity contribution in [2.45, 2.75) is 122 Å². The molecular formula is C30H45N6O9PS2Si. The van der Waals surface area contributed by atoms with Crippen LogP contribution in [0.2, 0.25) is 18.1 Å². The van der Waals surface area contributed by atoms with Gasteiger partial charge in [-0.15, -0.1) is 0 Å². The topological polar surface area (TPSA) is 163 Å². The van der Waals surface area contributed by atoms with E-state index >= 15 is 0 Å². The monoisotopic (exact) mass is 756 g/mol. The summed E-state index contributed by atoms with van der Waals surface area (Å²) in [5, 5.41) is -0.0396. The summed E-state index contributed by atoms with van der Waals surface area (Å²) in [5.41, 5.74) is -1.84. The maximum atomic E-state index is 12.8. The van der Waals surface area contributed by atoms with E-state index in [-0.39, 0.29) is 24.7 Å². The summed E-state index contributed by atoms with van der Waals surface area (Å²) >= 11 is 10.5. The van der Waals surface area contributed by atoms with Crippen LogP contribution in [0.15, 0.2) is 28.4 Å². The average molecular weight is 757 g/mol. The largest absolute Gasteiger partial charge is 0.414 e. The standard InChI is InChI=1S/C30H45N6O9PS2Si/c1-16-11-35(28(38)34-26(16)37)21-10-18(19(41-21)13-40-49(8,9)29(3,4)5)45-46(47,48)39-12-20-23-24(44-30(6,7)43-23)27(42-20)36-15-33-22-17(2)31-14-32-25(22)36/h11,14-15,18-21,23-24,27H,10,12-13H2,1-9H3,(H,47,48)(H,34,37,38)/t18-,19+,20+,21+,23+,24+,27+/m0/s1. The summed E-state index contributed by atoms with van der Waals surface area (Å²) in [5.74, 6) is -0.861. The maximum Gasteiger partial charge on any atom is 0.330 e. The van der Waals surface area contributed by atoms with Crippen LogP contribution in [0.4, 0.5) is 0 Å². The van der Waals surface area contributed by atoms with Crippen molar-refractivity contribution in [2.75, 3.05) is 13.2 Å². The second-order valence-corrected chi connectivity index (χ2v) is 24.8. The van der Waals surface area contributed by atoms with E-state index < -0.39 is 74.0 Å². The van der Waals surface area contributed by atoms with Crippen LogP contribution in [-0.4, -0.2) is 86.9 Å². The van der Waals surface area contributed by atoms with E-state index in [0.29, 0.717) is 16.7 Å². The molecule has 0 bridgehead atoms. The molecule has 3 aromatic heterocycles. The number of ether oxygens (including phenoxy) is 4. The molecule has 6 heterocycles. The van der Waals surface area contributed by atoms with Crippen LogP contribution in [0, 0.1) is 13.8 Å². The fraction of sp³-hybridized carbons (Fsp3) is 0.700. The van der Waals surface area contributed by atoms with Crippen molar-refractivity contribution in [3.8, 4) is 0 Å². The number of thiol groups is 1. The molecule has 6 rings (SSSR count). The van der Waals surface area contributed by atoms with Gasteiger partial charge in [-0.25, -0.2) is 19.7 Å². The Morgan fingerprint density at radius 3 is 2.51 bits per heavy atom. The van der Waals surface area contributed by atoms with Crippen LogP contribution in [0.3, 0.4) is 0 Å². The van der Waals surface area contributed by atoms with Gasteiger partial charge in [0.05, 0.1) is 31.3 Å². The molecule has 270 valence electrons. The van der Waals surface area contributed by atoms with Gasteiger partial charge in [-0.1, -0.05) is 33.0 Å². The molecule has 3 fully saturated rings. The Bertz CT molecular complexity index is 1880. The van der Waals surface area contributed by atoms with Gasteiger partial charge in [0, 0.05) is 18.2 Å². The summed E-state index contributed by atoms with van der Waals surface area (Å²) in [6, 6.07) is 0. The molecule has 15 nitrogen and oxygen atoms in total. The fourth-order valence-electron chi connectivity index (χ4n) is 5.98. The van der Waals surface area contributed by atoms with Crippen molar-refractivity contribution in [2.24, 2.45) is 0 Å². The van der Waals surface area contributed by atoms with Crippen molar-refractivity contribution >= 4 is 49.2 Å². The molecule has 1 N–H and O–H groups in total. The fourth-order valence-corrected chi connectivity index (χ4v) is 9.03. The van der Waals surface area contributed by atoms with Crippen LogP contribution in [-0.2, 0) is 44.2 Å². The smallest absolute Gasteiger partial charge is 0.330 e. The van der Waals surface area contributed by atoms with Gasteiger partial charge >= 0.3 is 5.69 Å². The molecular weight excluding hydrogens is 712 g/mol. The van der Waals surface area contributed by atoms with Gasteiger partial charge < -0.3 is 32.4 Å². The third-order valence-corrected chi connectivity index (χ3v) is 16.4. The quantitative estimate of drug-likeness (QED) is 0.172. The minimum Gasteiger partial charge on any atom is -0.414 e. The van der Waals surface area contributed by atoms with E-state index in [9.17, 15) is 9.59 Å². The molecule has 0 amide bonds. The number of aryl methyl sites for hydroxylation is 2. The van der Waals surface area contributed by atoms with E-state index in [1.807, 2.05) is 25.3 Å². The highest BCUT2D eigenvalue weighted by Crippen LogP contribution is 2.57. The van der Waals surface area contributed by atoms with Crippen molar-refractivity contribution in [3.05, 3.63) is 50.9 Å². The van der Waals surface area contributed by atoms with Crippen molar-refractivity contribution in [3.63, 3.8) is 0 Å². The molecule has 0 aromatic carbocycles. The molecule has 3 aliphatic rings. The SMILES string of the molecule is Cc1cn([C@H]2C[C@H](OP(=S)(S)OC[C@H]3O[C@@H](n4cnc5c(C)ncnc54)[C@@H]4OC(C)(C)O[C@@H]43)[C@@H](CO[Si](C)(C)C(C)(C)C)O2)c(=O)[nH]c1=O. The van der Waals surface area contributed by atoms with E-state index in [1.54, 1.807) is 13.3 Å². The summed E-state index contributed by atoms with van der Waals surface area (Å²) in [6.07, 6.45) is 0.825. The zero-order valence-electron chi connectivity index (χ0n) is 29.1. The third kappa shape index (κ3) is 7.56. The van der Waals surface area contributed by atoms with Crippen LogP contribution in [0.5, 0.6) is 0 Å². The van der Waals surface area contributed by atoms with Gasteiger partial charge in [0.15, 0.2) is 26.0 Å². The molecule has 0 aliphatic carbocycles. The number of nitrogens with zero attached hydrogens (tertiary/aromatic N) is 5. The van der Waals surface area contributed by atoms with E-state index in [0.717, 1.165) is 5.69 Å². The highest BCUT2D eigenvalue weighted by molar-refractivity contribution is 8.60. The molecule has 19 heteroatoms. The first kappa shape index (κ1) is 36.9. The number of hydrogen-bond acceptors (Lipinski definition) is 13. The lowest BCUT2D eigenvalue weighted by atomic mass is 10.1. The van der Waals surface area contributed by atoms with Crippen LogP contribution >= 0.6 is 17.9 Å². The first-order valence-electron chi connectivity index (χ1n) is 16.2. The molecule has 0 saturated carbocycles. The molecule has 0 radical (unpaired) electrons. The van der Waals surface area contributed by atoms with Gasteiger partial charge in [0.1, 0.15) is 42.5 Å². The third-order valence-electron chi connectivity index (χ3n) is 9.66. The highest BCUT2D eigenvalue weighted by atomic mass is 32.9. The number of aromatic nitrogens is 6. The molecule has 1 unspecified atom stereocenters. The number of fused-ring (bicyclic) bond motifs is 2. The number of H-pyrrole nitrogens is 1. The lowest BCUT2D eigenvalue weighted by molar-refractivity contribution is -0.198. The van der Waals surface area contributed by atoms with Gasteiger partial charge in [-0.05, 0) is 57.6 Å². The first-order valence-corrected chi connectivity index (χ1v) is 22.9. The van der Waals surface area contributed by atoms with Crippen LogP contribution in [0.1, 0.15) is 64.8 Å². The number of aromatic amines is 1. The van der Waals surface area contributed by atoms with Crippen molar-refractivity contribution < 1.29 is 32.4 Å². The Morgan fingerprint density at radius 2 is 1.80 bits per heavy atom. The number of imidazole rings is 1. The predicted molar refractivity (Wildman–Crippen MR) is 190 cm³/mol. The Hall–Kier alpha value is -1.83. The van der Waals surface area contributed by atoms with Gasteiger partial charge in [-0.2, -0.15) is 0 Å². The van der Waals surface area contributed by atoms with Crippen LogP contribution < -0.4 is 11.2 Å². The summed E-state index contributed by atoms with van der Waals surface area (Å²) in [7, 11) is -2.17. The highest BCUT2D eigenvalue weighted by Gasteiger charge is 2.56. The Morgan fingerprint density at radius 1 is 1.08 bits per heavy atom. The van der Waals surface area contributed by atoms with Crippen LogP contribution in [0.25, 0.3) is 11.2 Å². The predicted octanol–water partition coefficient (Wildman–Crippen LogP) is 4.28. The van der Waals surface area contributed by atoms with E-state index in [1.165, 1.54) is 17.1 Å². The second-order valence-electron chi connectivity index (χ2n) is 14.7. The Balaban J connectivity index is 1.19. The van der Waals surface area contributed by atoms with Gasteiger partial charge in [0.2, 0.25) is 5.69 Å². The lowest BCUT2D eigenvalue weighted by Crippen LogP contribution is -2.44. The van der Waals surface area contributed by atoms with Crippen molar-refractivity contribution in [1.29, 1.82) is 0 Å². The minimum atomic E-state index is -3.23. The van der Waals surface area contributed by atoms with Gasteiger partial charge in [0.25, 0.3) is 5.56 Å². The molecule has 3 aliphatic heterocycles. The van der Waals surface area contributed by atoms with E-state index in [4.69, 9.17) is 56.5 Å². The molecule has 8 atom stereocenters. The number of hydrogen-bond donors (Lipinski definition) is 2. The first-order chi connectivity index (χ1) is 22.8. The van der Waals surface area contributed by atoms with Crippen molar-refractivity contribution in [1.82, 2.24) is 29.1 Å². The summed E-state index contributed by atoms with van der Waals surface area (Å²) < 4.78 is 47.7. The molecule has 3 aromatic rings. The maximum absolute atomic E-state index is 12.8. The zero-order valence-corrected chi connectivity index (χ0v) is 32.7. The van der Waals surface area contributed by atoms with Gasteiger partial charge in [-0.3, -0.25) is 18.9 Å². The number of rotatable bonds is 10. The lowest BCUT2D eigenvalue weighted by Gasteiger charge is -2.37. The summed E-state index contributed by atoms with van der Waals surface area (Å²) in [4.78, 5) is 40.4. The second kappa shape index (κ2) is 13.3. The minimum absolute atomic E-state index is 0.0131. The zero-order chi connectivity index (χ0) is 35.7. The average Bonchev–Trinajstić information content (AvgIpc) is 3.74. The normalized spacial score (nSPS) is 29.8. The summed E-state index contributed by atoms with van der Waals surface area (Å²) in [6.45, 7) is 18.2. The van der Waals surface area contributed by atoms with E-state index in [2.05, 4.69) is 53.8 Å². The molecule has 0 spiro atoms. The molecule has 49 heavy (non-hydrogen) atoms. The molecule has 3 saturated heterocycles. The Kier molecular flexibility index (Phi) is 10.0.